The summed E-state index contributed by atoms with van der Waals surface area (Å²) in [6.07, 6.45) is 0. The smallest absolute Gasteiger partial charge is 0.164 e. The summed E-state index contributed by atoms with van der Waals surface area (Å²) < 4.78 is 9.00. The quantitative estimate of drug-likeness (QED) is 0.130. The standard InChI is InChI=1S/C81H52N4O/c1-3-20-53(21-4-1)57-24-15-27-60(46-57)65-49-64(50-66(51-65)70-37-19-38-74-73-36-11-14-41-77(73)86-78(70)74)54-42-44-56(45-43-54)79-82-80(84-81(83-79)63-30-18-31-67(52-63)85-75-39-12-9-34-71(75)72-35-10-13-40-76(72)85)62-29-17-26-59(48-62)58-25-16-28-61(47-58)69-33-8-7-32-68(69)55-22-5-2-6-23-55/h1-52H. The second kappa shape index (κ2) is 21.3. The summed E-state index contributed by atoms with van der Waals surface area (Å²) >= 11 is 0. The van der Waals surface area contributed by atoms with Crippen LogP contribution in [0, 0.1) is 0 Å². The SMILES string of the molecule is c1ccc(-c2cccc(-c3cc(-c4ccc(-c5nc(-c6cccc(-c7cccc(-c8ccccc8-c8ccccc8)c7)c6)nc(-c6cccc(-n7c8ccccc8c8ccccc87)c6)n5)cc4)cc(-c4cccc5c4oc4ccccc45)c3)c2)cc1. The van der Waals surface area contributed by atoms with Gasteiger partial charge in [-0.1, -0.05) is 249 Å². The molecule has 0 aliphatic carbocycles. The van der Waals surface area contributed by atoms with E-state index in [-0.39, 0.29) is 0 Å². The van der Waals surface area contributed by atoms with Crippen molar-refractivity contribution in [2.75, 3.05) is 0 Å². The van der Waals surface area contributed by atoms with E-state index in [0.717, 1.165) is 111 Å². The van der Waals surface area contributed by atoms with E-state index in [2.05, 4.69) is 308 Å². The zero-order valence-corrected chi connectivity index (χ0v) is 46.7. The Morgan fingerprint density at radius 2 is 0.605 bits per heavy atom. The average molecular weight is 1100 g/mol. The van der Waals surface area contributed by atoms with Crippen LogP contribution in [0.2, 0.25) is 0 Å². The Kier molecular flexibility index (Phi) is 12.5. The molecule has 3 aromatic heterocycles. The Morgan fingerprint density at radius 1 is 0.221 bits per heavy atom. The van der Waals surface area contributed by atoms with Crippen LogP contribution in [-0.2, 0) is 0 Å². The molecule has 0 unspecified atom stereocenters. The molecule has 402 valence electrons. The van der Waals surface area contributed by atoms with Crippen molar-refractivity contribution in [2.24, 2.45) is 0 Å². The van der Waals surface area contributed by atoms with E-state index in [9.17, 15) is 0 Å². The van der Waals surface area contributed by atoms with Crippen molar-refractivity contribution in [1.29, 1.82) is 0 Å². The van der Waals surface area contributed by atoms with Gasteiger partial charge in [0.05, 0.1) is 11.0 Å². The summed E-state index contributed by atoms with van der Waals surface area (Å²) in [6.45, 7) is 0. The Hall–Kier alpha value is -11.5. The van der Waals surface area contributed by atoms with Gasteiger partial charge in [-0.15, -0.1) is 0 Å². The summed E-state index contributed by atoms with van der Waals surface area (Å²) in [5.74, 6) is 1.74. The fourth-order valence-corrected chi connectivity index (χ4v) is 12.5. The Labute approximate surface area is 498 Å². The molecule has 0 aliphatic heterocycles. The predicted molar refractivity (Wildman–Crippen MR) is 356 cm³/mol. The average Bonchev–Trinajstić information content (AvgIpc) is 2.02. The maximum Gasteiger partial charge on any atom is 0.164 e. The van der Waals surface area contributed by atoms with Gasteiger partial charge >= 0.3 is 0 Å². The van der Waals surface area contributed by atoms with E-state index >= 15 is 0 Å². The number of rotatable bonds is 11. The first-order chi connectivity index (χ1) is 42.6. The minimum Gasteiger partial charge on any atom is -0.455 e. The molecule has 5 nitrogen and oxygen atoms in total. The Bertz CT molecular complexity index is 5180. The van der Waals surface area contributed by atoms with Crippen molar-refractivity contribution in [1.82, 2.24) is 19.5 Å². The van der Waals surface area contributed by atoms with Gasteiger partial charge in [-0.05, 0) is 139 Å². The molecule has 0 fully saturated rings. The van der Waals surface area contributed by atoms with E-state index in [1.807, 2.05) is 12.1 Å². The van der Waals surface area contributed by atoms with Crippen LogP contribution < -0.4 is 0 Å². The molecule has 16 rings (SSSR count). The first-order valence-electron chi connectivity index (χ1n) is 29.1. The number of aromatic nitrogens is 4. The lowest BCUT2D eigenvalue weighted by atomic mass is 9.91. The van der Waals surface area contributed by atoms with Crippen LogP contribution >= 0.6 is 0 Å². The molecule has 16 aromatic rings. The summed E-state index contributed by atoms with van der Waals surface area (Å²) in [5, 5.41) is 4.61. The molecule has 0 spiro atoms. The van der Waals surface area contributed by atoms with Gasteiger partial charge in [0.15, 0.2) is 17.5 Å². The number of fused-ring (bicyclic) bond motifs is 6. The fourth-order valence-electron chi connectivity index (χ4n) is 12.5. The van der Waals surface area contributed by atoms with E-state index < -0.39 is 0 Å². The highest BCUT2D eigenvalue weighted by Crippen LogP contribution is 2.42. The highest BCUT2D eigenvalue weighted by molar-refractivity contribution is 6.11. The number of hydrogen-bond acceptors (Lipinski definition) is 4. The molecule has 13 aromatic carbocycles. The molecule has 5 heteroatoms. The van der Waals surface area contributed by atoms with Crippen LogP contribution in [-0.4, -0.2) is 19.5 Å². The van der Waals surface area contributed by atoms with E-state index in [4.69, 9.17) is 19.4 Å². The first kappa shape index (κ1) is 50.2. The molecule has 0 N–H and O–H groups in total. The van der Waals surface area contributed by atoms with Crippen molar-refractivity contribution in [3.8, 4) is 118 Å². The molecule has 0 atom stereocenters. The van der Waals surface area contributed by atoms with E-state index in [1.165, 1.54) is 33.0 Å². The Balaban J connectivity index is 0.822. The van der Waals surface area contributed by atoms with Crippen LogP contribution in [0.4, 0.5) is 0 Å². The maximum absolute atomic E-state index is 6.66. The Morgan fingerprint density at radius 3 is 1.28 bits per heavy atom. The van der Waals surface area contributed by atoms with Crippen LogP contribution in [0.1, 0.15) is 0 Å². The third-order valence-corrected chi connectivity index (χ3v) is 16.6. The lowest BCUT2D eigenvalue weighted by Gasteiger charge is -2.14. The van der Waals surface area contributed by atoms with Crippen molar-refractivity contribution < 1.29 is 4.42 Å². The van der Waals surface area contributed by atoms with E-state index in [1.54, 1.807) is 0 Å². The minimum absolute atomic E-state index is 0.576. The number of benzene rings is 13. The zero-order valence-electron chi connectivity index (χ0n) is 46.7. The lowest BCUT2D eigenvalue weighted by molar-refractivity contribution is 0.670. The van der Waals surface area contributed by atoms with Crippen molar-refractivity contribution >= 4 is 43.7 Å². The molecular formula is C81H52N4O. The predicted octanol–water partition coefficient (Wildman–Crippen LogP) is 21.5. The van der Waals surface area contributed by atoms with Gasteiger partial charge in [0, 0.05) is 49.5 Å². The topological polar surface area (TPSA) is 56.7 Å². The van der Waals surface area contributed by atoms with Crippen molar-refractivity contribution in [2.45, 2.75) is 0 Å². The van der Waals surface area contributed by atoms with Gasteiger partial charge < -0.3 is 8.98 Å². The monoisotopic (exact) mass is 1100 g/mol. The zero-order chi connectivity index (χ0) is 56.9. The van der Waals surface area contributed by atoms with Gasteiger partial charge in [0.1, 0.15) is 11.2 Å². The normalized spacial score (nSPS) is 11.5. The second-order valence-corrected chi connectivity index (χ2v) is 21.9. The largest absolute Gasteiger partial charge is 0.455 e. The summed E-state index contributed by atoms with van der Waals surface area (Å²) in [5.41, 5.74) is 23.3. The maximum atomic E-state index is 6.66. The van der Waals surface area contributed by atoms with E-state index in [0.29, 0.717) is 17.5 Å². The lowest BCUT2D eigenvalue weighted by Crippen LogP contribution is -2.01. The number of furan rings is 1. The fraction of sp³-hybridized carbons (Fsp3) is 0. The molecule has 0 amide bonds. The highest BCUT2D eigenvalue weighted by atomic mass is 16.3. The molecule has 0 saturated heterocycles. The molecular weight excluding hydrogens is 1040 g/mol. The highest BCUT2D eigenvalue weighted by Gasteiger charge is 2.19. The molecule has 3 heterocycles. The molecule has 0 radical (unpaired) electrons. The van der Waals surface area contributed by atoms with Gasteiger partial charge in [0.25, 0.3) is 0 Å². The van der Waals surface area contributed by atoms with Crippen molar-refractivity contribution in [3.05, 3.63) is 315 Å². The number of para-hydroxylation sites is 4. The van der Waals surface area contributed by atoms with Crippen molar-refractivity contribution in [3.63, 3.8) is 0 Å². The summed E-state index contributed by atoms with van der Waals surface area (Å²) in [6, 6.07) is 112. The van der Waals surface area contributed by atoms with Crippen LogP contribution in [0.25, 0.3) is 161 Å². The van der Waals surface area contributed by atoms with Crippen LogP contribution in [0.5, 0.6) is 0 Å². The minimum atomic E-state index is 0.576. The first-order valence-corrected chi connectivity index (χ1v) is 29.1. The molecule has 86 heavy (non-hydrogen) atoms. The third kappa shape index (κ3) is 9.21. The van der Waals surface area contributed by atoms with Crippen LogP contribution in [0.3, 0.4) is 0 Å². The third-order valence-electron chi connectivity index (χ3n) is 16.6. The van der Waals surface area contributed by atoms with Gasteiger partial charge in [0.2, 0.25) is 0 Å². The summed E-state index contributed by atoms with van der Waals surface area (Å²) in [7, 11) is 0. The van der Waals surface area contributed by atoms with Gasteiger partial charge in [-0.2, -0.15) is 0 Å². The molecule has 0 aliphatic rings. The summed E-state index contributed by atoms with van der Waals surface area (Å²) in [4.78, 5) is 16.1. The van der Waals surface area contributed by atoms with Gasteiger partial charge in [-0.25, -0.2) is 15.0 Å². The molecule has 0 bridgehead atoms. The molecule has 0 saturated carbocycles. The number of hydrogen-bond donors (Lipinski definition) is 0. The van der Waals surface area contributed by atoms with Gasteiger partial charge in [-0.3, -0.25) is 0 Å². The number of nitrogens with zero attached hydrogens (tertiary/aromatic N) is 4. The van der Waals surface area contributed by atoms with Crippen LogP contribution in [0.15, 0.2) is 320 Å². The second-order valence-electron chi connectivity index (χ2n) is 21.9.